The molecule has 0 radical (unpaired) electrons. The quantitative estimate of drug-likeness (QED) is 0.188. The van der Waals surface area contributed by atoms with Crippen molar-refractivity contribution in [1.29, 1.82) is 0 Å². The van der Waals surface area contributed by atoms with Gasteiger partial charge in [0, 0.05) is 30.8 Å². The number of carbonyl (C=O) groups is 1. The second-order valence-electron chi connectivity index (χ2n) is 7.65. The Hall–Kier alpha value is -3.75. The van der Waals surface area contributed by atoms with Crippen molar-refractivity contribution < 1.29 is 14.3 Å². The van der Waals surface area contributed by atoms with E-state index in [9.17, 15) is 4.79 Å². The number of nitrogens with zero attached hydrogens (tertiary/aromatic N) is 5. The smallest absolute Gasteiger partial charge is 0.165 e. The maximum Gasteiger partial charge on any atom is 0.165 e. The number of benzene rings is 3. The first kappa shape index (κ1) is 23.4. The van der Waals surface area contributed by atoms with Gasteiger partial charge in [-0.05, 0) is 79.7 Å². The summed E-state index contributed by atoms with van der Waals surface area (Å²) in [6.45, 7) is 5.26. The largest absolute Gasteiger partial charge is 0.381 e. The van der Waals surface area contributed by atoms with Crippen LogP contribution >= 0.6 is 0 Å². The number of rotatable bonds is 10. The molecule has 0 bridgehead atoms. The van der Waals surface area contributed by atoms with Crippen molar-refractivity contribution in [3.63, 3.8) is 0 Å². The van der Waals surface area contributed by atoms with Gasteiger partial charge in [0.1, 0.15) is 6.73 Å². The topological polar surface area (TPSA) is 88.2 Å². The van der Waals surface area contributed by atoms with Crippen molar-refractivity contribution in [3.05, 3.63) is 78.4 Å². The summed E-state index contributed by atoms with van der Waals surface area (Å²) < 4.78 is 10.6. The van der Waals surface area contributed by atoms with Crippen molar-refractivity contribution in [2.24, 2.45) is 20.5 Å². The molecule has 0 spiro atoms. The zero-order valence-corrected chi connectivity index (χ0v) is 19.1. The van der Waals surface area contributed by atoms with E-state index in [1.165, 1.54) is 0 Å². The van der Waals surface area contributed by atoms with Gasteiger partial charge in [-0.3, -0.25) is 4.79 Å². The molecule has 3 aromatic carbocycles. The van der Waals surface area contributed by atoms with E-state index < -0.39 is 0 Å². The minimum absolute atomic E-state index is 0.0545. The lowest BCUT2D eigenvalue weighted by molar-refractivity contribution is 0.0896. The minimum Gasteiger partial charge on any atom is -0.381 e. The van der Waals surface area contributed by atoms with E-state index >= 15 is 0 Å². The number of hydrogen-bond acceptors (Lipinski definition) is 8. The zero-order valence-electron chi connectivity index (χ0n) is 19.1. The third kappa shape index (κ3) is 6.63. The second-order valence-corrected chi connectivity index (χ2v) is 7.65. The van der Waals surface area contributed by atoms with Gasteiger partial charge in [0.2, 0.25) is 0 Å². The molecule has 0 unspecified atom stereocenters. The molecule has 0 aromatic heterocycles. The Morgan fingerprint density at radius 2 is 1.32 bits per heavy atom. The van der Waals surface area contributed by atoms with E-state index in [0.717, 1.165) is 30.2 Å². The van der Waals surface area contributed by atoms with Crippen LogP contribution in [-0.4, -0.2) is 38.9 Å². The van der Waals surface area contributed by atoms with Crippen LogP contribution in [0.5, 0.6) is 0 Å². The summed E-state index contributed by atoms with van der Waals surface area (Å²) in [5.74, 6) is 0.0545. The summed E-state index contributed by atoms with van der Waals surface area (Å²) in [5, 5.41) is 17.1. The molecule has 4 rings (SSSR count). The van der Waals surface area contributed by atoms with Gasteiger partial charge < -0.3 is 14.4 Å². The Balaban J connectivity index is 1.30. The molecule has 0 aliphatic carbocycles. The fourth-order valence-corrected chi connectivity index (χ4v) is 3.33. The highest BCUT2D eigenvalue weighted by molar-refractivity contribution is 5.96. The average molecular weight is 458 g/mol. The molecular weight excluding hydrogens is 430 g/mol. The van der Waals surface area contributed by atoms with Crippen molar-refractivity contribution in [2.45, 2.75) is 13.3 Å². The van der Waals surface area contributed by atoms with Crippen LogP contribution in [0.1, 0.15) is 23.7 Å². The molecule has 1 saturated heterocycles. The SMILES string of the molecule is CCOCCC(=O)c1ccc(N=Nc2ccc(N=Nc3ccc(N4CCOC4)cc3)cc2)cc1. The van der Waals surface area contributed by atoms with Crippen LogP contribution in [0.3, 0.4) is 0 Å². The fraction of sp³-hybridized carbons (Fsp3) is 0.269. The number of Topliss-reactive ketones (excluding diaryl/α,β-unsaturated/α-hetero) is 1. The first-order valence-electron chi connectivity index (χ1n) is 11.3. The number of ether oxygens (including phenoxy) is 2. The van der Waals surface area contributed by atoms with E-state index in [-0.39, 0.29) is 5.78 Å². The first-order chi connectivity index (χ1) is 16.7. The number of ketones is 1. The summed E-state index contributed by atoms with van der Waals surface area (Å²) in [6.07, 6.45) is 0.373. The van der Waals surface area contributed by atoms with E-state index in [1.54, 1.807) is 24.3 Å². The lowest BCUT2D eigenvalue weighted by atomic mass is 10.1. The fourth-order valence-electron chi connectivity index (χ4n) is 3.33. The Bertz CT molecular complexity index is 1120. The lowest BCUT2D eigenvalue weighted by Crippen LogP contribution is -2.17. The zero-order chi connectivity index (χ0) is 23.6. The monoisotopic (exact) mass is 457 g/mol. The molecule has 174 valence electrons. The molecule has 1 fully saturated rings. The van der Waals surface area contributed by atoms with E-state index in [0.29, 0.717) is 43.3 Å². The molecule has 8 nitrogen and oxygen atoms in total. The molecule has 1 aliphatic rings. The molecule has 0 amide bonds. The van der Waals surface area contributed by atoms with Crippen molar-refractivity contribution in [3.8, 4) is 0 Å². The molecule has 34 heavy (non-hydrogen) atoms. The van der Waals surface area contributed by atoms with Gasteiger partial charge in [-0.25, -0.2) is 0 Å². The summed E-state index contributed by atoms with van der Waals surface area (Å²) >= 11 is 0. The summed E-state index contributed by atoms with van der Waals surface area (Å²) in [7, 11) is 0. The van der Waals surface area contributed by atoms with Gasteiger partial charge in [-0.1, -0.05) is 0 Å². The van der Waals surface area contributed by atoms with Gasteiger partial charge in [0.05, 0.1) is 36.0 Å². The Morgan fingerprint density at radius 1 is 0.824 bits per heavy atom. The van der Waals surface area contributed by atoms with Crippen molar-refractivity contribution in [2.75, 3.05) is 38.0 Å². The highest BCUT2D eigenvalue weighted by Gasteiger charge is 2.12. The van der Waals surface area contributed by atoms with Crippen LogP contribution in [-0.2, 0) is 9.47 Å². The Kier molecular flexibility index (Phi) is 8.21. The van der Waals surface area contributed by atoms with Crippen molar-refractivity contribution in [1.82, 2.24) is 0 Å². The molecule has 3 aromatic rings. The third-order valence-corrected chi connectivity index (χ3v) is 5.25. The molecule has 0 atom stereocenters. The Morgan fingerprint density at radius 3 is 1.79 bits per heavy atom. The molecule has 8 heteroatoms. The number of carbonyl (C=O) groups excluding carboxylic acids is 1. The normalized spacial score (nSPS) is 13.9. The number of anilines is 1. The third-order valence-electron chi connectivity index (χ3n) is 5.25. The van der Waals surface area contributed by atoms with Crippen LogP contribution < -0.4 is 4.90 Å². The van der Waals surface area contributed by atoms with Gasteiger partial charge >= 0.3 is 0 Å². The minimum atomic E-state index is 0.0545. The standard InChI is InChI=1S/C26H27N5O3/c1-2-33-17-15-26(32)20-3-5-21(6-4-20)27-28-22-7-9-23(10-8-22)29-30-24-11-13-25(14-12-24)31-16-18-34-19-31/h3-14H,2,15-19H2,1H3. The highest BCUT2D eigenvalue weighted by Crippen LogP contribution is 2.25. The molecular formula is C26H27N5O3. The van der Waals surface area contributed by atoms with E-state index in [4.69, 9.17) is 9.47 Å². The van der Waals surface area contributed by atoms with Gasteiger partial charge in [0.25, 0.3) is 0 Å². The summed E-state index contributed by atoms with van der Waals surface area (Å²) in [5.41, 5.74) is 4.66. The maximum atomic E-state index is 12.1. The summed E-state index contributed by atoms with van der Waals surface area (Å²) in [6, 6.07) is 22.4. The predicted molar refractivity (Wildman–Crippen MR) is 131 cm³/mol. The lowest BCUT2D eigenvalue weighted by Gasteiger charge is -2.15. The average Bonchev–Trinajstić information content (AvgIpc) is 3.43. The molecule has 1 heterocycles. The highest BCUT2D eigenvalue weighted by atomic mass is 16.5. The second kappa shape index (κ2) is 11.9. The van der Waals surface area contributed by atoms with Crippen LogP contribution in [0.2, 0.25) is 0 Å². The van der Waals surface area contributed by atoms with Crippen LogP contribution in [0.15, 0.2) is 93.3 Å². The van der Waals surface area contributed by atoms with E-state index in [1.807, 2.05) is 55.5 Å². The van der Waals surface area contributed by atoms with Crippen LogP contribution in [0, 0.1) is 0 Å². The molecule has 0 saturated carbocycles. The number of hydrogen-bond donors (Lipinski definition) is 0. The predicted octanol–water partition coefficient (Wildman–Crippen LogP) is 6.92. The molecule has 0 N–H and O–H groups in total. The molecule has 1 aliphatic heterocycles. The van der Waals surface area contributed by atoms with Crippen molar-refractivity contribution >= 4 is 34.2 Å². The Labute approximate surface area is 199 Å². The van der Waals surface area contributed by atoms with Gasteiger partial charge in [-0.15, -0.1) is 0 Å². The van der Waals surface area contributed by atoms with Gasteiger partial charge in [-0.2, -0.15) is 20.5 Å². The first-order valence-corrected chi connectivity index (χ1v) is 11.3. The number of azo groups is 2. The van der Waals surface area contributed by atoms with Crippen LogP contribution in [0.4, 0.5) is 28.4 Å². The van der Waals surface area contributed by atoms with Gasteiger partial charge in [0.15, 0.2) is 5.78 Å². The van der Waals surface area contributed by atoms with Crippen LogP contribution in [0.25, 0.3) is 0 Å². The van der Waals surface area contributed by atoms with E-state index in [2.05, 4.69) is 25.4 Å². The maximum absolute atomic E-state index is 12.1. The summed E-state index contributed by atoms with van der Waals surface area (Å²) in [4.78, 5) is 14.3.